The van der Waals surface area contributed by atoms with E-state index in [0.717, 1.165) is 5.56 Å². The van der Waals surface area contributed by atoms with Gasteiger partial charge in [-0.3, -0.25) is 4.68 Å². The summed E-state index contributed by atoms with van der Waals surface area (Å²) in [7, 11) is 0. The molecule has 2 amide bonds. The van der Waals surface area contributed by atoms with E-state index in [1.165, 1.54) is 0 Å². The summed E-state index contributed by atoms with van der Waals surface area (Å²) < 4.78 is 1.71. The molecule has 0 aliphatic carbocycles. The van der Waals surface area contributed by atoms with Crippen LogP contribution in [0.1, 0.15) is 18.9 Å². The SMILES string of the molecule is CC[C@H](NC(=O)NCCn1cc(C)cn1)C(=O)O. The number of carbonyl (C=O) groups is 2. The van der Waals surface area contributed by atoms with Crippen molar-refractivity contribution in [2.24, 2.45) is 0 Å². The molecule has 0 radical (unpaired) electrons. The summed E-state index contributed by atoms with van der Waals surface area (Å²) in [5.41, 5.74) is 1.05. The van der Waals surface area contributed by atoms with Crippen LogP contribution in [0.2, 0.25) is 0 Å². The molecule has 0 unspecified atom stereocenters. The lowest BCUT2D eigenvalue weighted by Gasteiger charge is -2.13. The maximum absolute atomic E-state index is 11.4. The lowest BCUT2D eigenvalue weighted by atomic mass is 10.2. The number of aliphatic carboxylic acids is 1. The number of hydrogen-bond donors (Lipinski definition) is 3. The van der Waals surface area contributed by atoms with Crippen molar-refractivity contribution >= 4 is 12.0 Å². The van der Waals surface area contributed by atoms with Gasteiger partial charge in [0.05, 0.1) is 12.7 Å². The van der Waals surface area contributed by atoms with Gasteiger partial charge in [0.1, 0.15) is 6.04 Å². The molecule has 100 valence electrons. The highest BCUT2D eigenvalue weighted by Crippen LogP contribution is 1.93. The van der Waals surface area contributed by atoms with Crippen molar-refractivity contribution in [3.63, 3.8) is 0 Å². The summed E-state index contributed by atoms with van der Waals surface area (Å²) in [6.45, 7) is 4.57. The Morgan fingerprint density at radius 2 is 2.28 bits per heavy atom. The summed E-state index contributed by atoms with van der Waals surface area (Å²) in [5, 5.41) is 17.8. The molecule has 1 aromatic heterocycles. The molecule has 0 saturated heterocycles. The molecule has 0 aromatic carbocycles. The molecule has 0 aliphatic heterocycles. The lowest BCUT2D eigenvalue weighted by Crippen LogP contribution is -2.46. The van der Waals surface area contributed by atoms with Gasteiger partial charge in [0.15, 0.2) is 0 Å². The lowest BCUT2D eigenvalue weighted by molar-refractivity contribution is -0.139. The maximum atomic E-state index is 11.4. The van der Waals surface area contributed by atoms with Gasteiger partial charge >= 0.3 is 12.0 Å². The summed E-state index contributed by atoms with van der Waals surface area (Å²) in [5.74, 6) is -1.03. The highest BCUT2D eigenvalue weighted by molar-refractivity contribution is 5.82. The zero-order valence-corrected chi connectivity index (χ0v) is 10.5. The molecule has 0 bridgehead atoms. The fourth-order valence-electron chi connectivity index (χ4n) is 1.42. The molecule has 0 spiro atoms. The van der Waals surface area contributed by atoms with Gasteiger partial charge in [0, 0.05) is 12.7 Å². The van der Waals surface area contributed by atoms with Gasteiger partial charge in [-0.15, -0.1) is 0 Å². The number of aryl methyl sites for hydroxylation is 1. The number of nitrogens with zero attached hydrogens (tertiary/aromatic N) is 2. The average molecular weight is 254 g/mol. The Kier molecular flexibility index (Phi) is 5.16. The second-order valence-electron chi connectivity index (χ2n) is 3.98. The van der Waals surface area contributed by atoms with Crippen LogP contribution in [-0.4, -0.2) is 39.5 Å². The number of amides is 2. The Bertz CT molecular complexity index is 416. The second kappa shape index (κ2) is 6.63. The fraction of sp³-hybridized carbons (Fsp3) is 0.545. The van der Waals surface area contributed by atoms with E-state index in [4.69, 9.17) is 5.11 Å². The molecule has 0 saturated carbocycles. The average Bonchev–Trinajstić information content (AvgIpc) is 2.71. The van der Waals surface area contributed by atoms with E-state index in [9.17, 15) is 9.59 Å². The topological polar surface area (TPSA) is 96.3 Å². The minimum Gasteiger partial charge on any atom is -0.480 e. The Morgan fingerprint density at radius 3 is 2.78 bits per heavy atom. The Labute approximate surface area is 105 Å². The number of hydrogen-bond acceptors (Lipinski definition) is 3. The largest absolute Gasteiger partial charge is 0.480 e. The number of aromatic nitrogens is 2. The van der Waals surface area contributed by atoms with Gasteiger partial charge in [-0.2, -0.15) is 5.10 Å². The number of carboxylic acid groups (broad SMARTS) is 1. The third-order valence-electron chi connectivity index (χ3n) is 2.40. The third-order valence-corrected chi connectivity index (χ3v) is 2.40. The standard InChI is InChI=1S/C11H18N4O3/c1-3-9(10(16)17)14-11(18)12-4-5-15-7-8(2)6-13-15/h6-7,9H,3-5H2,1-2H3,(H,16,17)(H2,12,14,18)/t9-/m0/s1. The first-order chi connectivity index (χ1) is 8.52. The number of urea groups is 1. The first-order valence-electron chi connectivity index (χ1n) is 5.79. The Morgan fingerprint density at radius 1 is 1.56 bits per heavy atom. The fourth-order valence-corrected chi connectivity index (χ4v) is 1.42. The first-order valence-corrected chi connectivity index (χ1v) is 5.79. The molecule has 1 atom stereocenters. The normalized spacial score (nSPS) is 11.9. The molecule has 3 N–H and O–H groups in total. The summed E-state index contributed by atoms with van der Waals surface area (Å²) in [4.78, 5) is 22.1. The third kappa shape index (κ3) is 4.44. The molecule has 0 aliphatic rings. The van der Waals surface area contributed by atoms with Crippen LogP contribution in [0.3, 0.4) is 0 Å². The summed E-state index contributed by atoms with van der Waals surface area (Å²) in [6.07, 6.45) is 3.95. The van der Waals surface area contributed by atoms with Gasteiger partial charge in [-0.1, -0.05) is 6.92 Å². The quantitative estimate of drug-likeness (QED) is 0.682. The molecule has 1 aromatic rings. The zero-order chi connectivity index (χ0) is 13.5. The second-order valence-corrected chi connectivity index (χ2v) is 3.98. The monoisotopic (exact) mass is 254 g/mol. The highest BCUT2D eigenvalue weighted by atomic mass is 16.4. The van der Waals surface area contributed by atoms with Crippen LogP contribution in [0.25, 0.3) is 0 Å². The van der Waals surface area contributed by atoms with Crippen molar-refractivity contribution in [3.8, 4) is 0 Å². The van der Waals surface area contributed by atoms with Crippen LogP contribution in [0.5, 0.6) is 0 Å². The number of carbonyl (C=O) groups excluding carboxylic acids is 1. The highest BCUT2D eigenvalue weighted by Gasteiger charge is 2.16. The van der Waals surface area contributed by atoms with E-state index < -0.39 is 18.0 Å². The number of nitrogens with one attached hydrogen (secondary N) is 2. The van der Waals surface area contributed by atoms with E-state index in [1.807, 2.05) is 13.1 Å². The number of carboxylic acids is 1. The van der Waals surface area contributed by atoms with E-state index >= 15 is 0 Å². The van der Waals surface area contributed by atoms with Crippen molar-refractivity contribution < 1.29 is 14.7 Å². The van der Waals surface area contributed by atoms with E-state index in [-0.39, 0.29) is 0 Å². The molecule has 7 heteroatoms. The van der Waals surface area contributed by atoms with Crippen molar-refractivity contribution in [3.05, 3.63) is 18.0 Å². The minimum absolute atomic E-state index is 0.348. The van der Waals surface area contributed by atoms with E-state index in [1.54, 1.807) is 17.8 Å². The first kappa shape index (κ1) is 14.0. The molecule has 1 rings (SSSR count). The predicted octanol–water partition coefficient (Wildman–Crippen LogP) is 0.354. The summed E-state index contributed by atoms with van der Waals surface area (Å²) in [6, 6.07) is -1.33. The van der Waals surface area contributed by atoms with Crippen molar-refractivity contribution in [2.45, 2.75) is 32.9 Å². The van der Waals surface area contributed by atoms with Crippen molar-refractivity contribution in [1.29, 1.82) is 0 Å². The van der Waals surface area contributed by atoms with Crippen LogP contribution in [0.4, 0.5) is 4.79 Å². The Balaban J connectivity index is 2.26. The van der Waals surface area contributed by atoms with Crippen molar-refractivity contribution in [1.82, 2.24) is 20.4 Å². The van der Waals surface area contributed by atoms with Crippen LogP contribution in [0.15, 0.2) is 12.4 Å². The molecule has 1 heterocycles. The van der Waals surface area contributed by atoms with Gasteiger partial charge < -0.3 is 15.7 Å². The molecule has 7 nitrogen and oxygen atoms in total. The zero-order valence-electron chi connectivity index (χ0n) is 10.5. The van der Waals surface area contributed by atoms with Crippen LogP contribution >= 0.6 is 0 Å². The summed E-state index contributed by atoms with van der Waals surface area (Å²) >= 11 is 0. The van der Waals surface area contributed by atoms with Crippen molar-refractivity contribution in [2.75, 3.05) is 6.54 Å². The molecular weight excluding hydrogens is 236 g/mol. The predicted molar refractivity (Wildman–Crippen MR) is 65.2 cm³/mol. The Hall–Kier alpha value is -2.05. The molecule has 18 heavy (non-hydrogen) atoms. The van der Waals surface area contributed by atoms with Gasteiger partial charge in [0.25, 0.3) is 0 Å². The molecular formula is C11H18N4O3. The van der Waals surface area contributed by atoms with Gasteiger partial charge in [-0.05, 0) is 18.9 Å². The van der Waals surface area contributed by atoms with E-state index in [2.05, 4.69) is 15.7 Å². The van der Waals surface area contributed by atoms with E-state index in [0.29, 0.717) is 19.5 Å². The van der Waals surface area contributed by atoms with Crippen LogP contribution in [0, 0.1) is 6.92 Å². The maximum Gasteiger partial charge on any atom is 0.326 e. The van der Waals surface area contributed by atoms with Gasteiger partial charge in [-0.25, -0.2) is 9.59 Å². The van der Waals surface area contributed by atoms with Gasteiger partial charge in [0.2, 0.25) is 0 Å². The minimum atomic E-state index is -1.03. The smallest absolute Gasteiger partial charge is 0.326 e. The molecule has 0 fully saturated rings. The number of rotatable bonds is 6. The van der Waals surface area contributed by atoms with Crippen LogP contribution in [-0.2, 0) is 11.3 Å². The van der Waals surface area contributed by atoms with Crippen LogP contribution < -0.4 is 10.6 Å².